The lowest BCUT2D eigenvalue weighted by Crippen LogP contribution is -2.64. The van der Waals surface area contributed by atoms with E-state index in [1.165, 1.54) is 13.2 Å². The van der Waals surface area contributed by atoms with Crippen molar-refractivity contribution in [3.05, 3.63) is 48.6 Å². The van der Waals surface area contributed by atoms with Crippen LogP contribution in [0.15, 0.2) is 43.0 Å². The summed E-state index contributed by atoms with van der Waals surface area (Å²) in [6.07, 6.45) is -4.17. The predicted octanol–water partition coefficient (Wildman–Crippen LogP) is 0.289. The summed E-state index contributed by atoms with van der Waals surface area (Å²) in [7, 11) is 1.19. The van der Waals surface area contributed by atoms with Crippen molar-refractivity contribution in [2.24, 2.45) is 0 Å². The SMILES string of the molecule is C=CC1(C(=O)OC)CC2OC(=O)NC2C(C(O)C(O)COCc2ccccc2)O1. The van der Waals surface area contributed by atoms with Crippen LogP contribution in [0.5, 0.6) is 0 Å². The summed E-state index contributed by atoms with van der Waals surface area (Å²) in [6, 6.07) is 8.60. The number of fused-ring (bicyclic) bond motifs is 1. The molecule has 3 rings (SSSR count). The van der Waals surface area contributed by atoms with E-state index in [1.807, 2.05) is 30.3 Å². The van der Waals surface area contributed by atoms with Crippen LogP contribution in [0.4, 0.5) is 4.79 Å². The second kappa shape index (κ2) is 8.91. The first-order valence-electron chi connectivity index (χ1n) is 9.25. The summed E-state index contributed by atoms with van der Waals surface area (Å²) in [6.45, 7) is 3.70. The first-order chi connectivity index (χ1) is 13.9. The van der Waals surface area contributed by atoms with Gasteiger partial charge in [-0.1, -0.05) is 36.9 Å². The number of alkyl carbamates (subject to hydrolysis) is 1. The minimum atomic E-state index is -1.61. The number of rotatable bonds is 8. The van der Waals surface area contributed by atoms with Crippen molar-refractivity contribution in [1.29, 1.82) is 0 Å². The first kappa shape index (κ1) is 21.3. The molecule has 9 heteroatoms. The Balaban J connectivity index is 1.70. The Morgan fingerprint density at radius 3 is 2.79 bits per heavy atom. The molecule has 6 atom stereocenters. The Morgan fingerprint density at radius 1 is 1.41 bits per heavy atom. The lowest BCUT2D eigenvalue weighted by molar-refractivity contribution is -0.211. The highest BCUT2D eigenvalue weighted by Crippen LogP contribution is 2.37. The maximum Gasteiger partial charge on any atom is 0.407 e. The summed E-state index contributed by atoms with van der Waals surface area (Å²) in [5.74, 6) is -0.735. The largest absolute Gasteiger partial charge is 0.467 e. The fourth-order valence-corrected chi connectivity index (χ4v) is 3.59. The van der Waals surface area contributed by atoms with Gasteiger partial charge in [0.15, 0.2) is 5.60 Å². The average Bonchev–Trinajstić information content (AvgIpc) is 3.12. The van der Waals surface area contributed by atoms with Crippen molar-refractivity contribution >= 4 is 12.1 Å². The molecule has 158 valence electrons. The first-order valence-corrected chi connectivity index (χ1v) is 9.25. The zero-order chi connectivity index (χ0) is 21.0. The summed E-state index contributed by atoms with van der Waals surface area (Å²) in [4.78, 5) is 24.0. The maximum absolute atomic E-state index is 12.3. The lowest BCUT2D eigenvalue weighted by Gasteiger charge is -2.44. The Hall–Kier alpha value is -2.46. The highest BCUT2D eigenvalue weighted by Gasteiger charge is 2.57. The second-order valence-electron chi connectivity index (χ2n) is 7.04. The molecule has 29 heavy (non-hydrogen) atoms. The second-order valence-corrected chi connectivity index (χ2v) is 7.04. The summed E-state index contributed by atoms with van der Waals surface area (Å²) in [5.41, 5.74) is -0.700. The smallest absolute Gasteiger partial charge is 0.407 e. The molecule has 2 heterocycles. The molecule has 0 aliphatic carbocycles. The van der Waals surface area contributed by atoms with Gasteiger partial charge in [-0.05, 0) is 11.6 Å². The van der Waals surface area contributed by atoms with E-state index in [2.05, 4.69) is 11.9 Å². The van der Waals surface area contributed by atoms with E-state index in [-0.39, 0.29) is 19.6 Å². The van der Waals surface area contributed by atoms with Gasteiger partial charge in [-0.15, -0.1) is 0 Å². The van der Waals surface area contributed by atoms with E-state index >= 15 is 0 Å². The molecule has 1 aromatic rings. The minimum absolute atomic E-state index is 0.0175. The summed E-state index contributed by atoms with van der Waals surface area (Å²) < 4.78 is 21.3. The molecule has 0 saturated carbocycles. The number of ether oxygens (including phenoxy) is 4. The van der Waals surface area contributed by atoms with Crippen molar-refractivity contribution in [2.75, 3.05) is 13.7 Å². The Kier molecular flexibility index (Phi) is 6.53. The van der Waals surface area contributed by atoms with Crippen molar-refractivity contribution in [3.63, 3.8) is 0 Å². The van der Waals surface area contributed by atoms with Crippen molar-refractivity contribution < 1.29 is 38.7 Å². The molecule has 1 aromatic carbocycles. The molecule has 2 aliphatic heterocycles. The number of amides is 1. The van der Waals surface area contributed by atoms with Gasteiger partial charge in [-0.3, -0.25) is 0 Å². The summed E-state index contributed by atoms with van der Waals surface area (Å²) >= 11 is 0. The van der Waals surface area contributed by atoms with Crippen LogP contribution in [-0.2, 0) is 30.3 Å². The van der Waals surface area contributed by atoms with E-state index < -0.39 is 48.1 Å². The number of aliphatic hydroxyl groups is 2. The van der Waals surface area contributed by atoms with Crippen LogP contribution in [0, 0.1) is 0 Å². The van der Waals surface area contributed by atoms with Gasteiger partial charge in [0.2, 0.25) is 0 Å². The van der Waals surface area contributed by atoms with Crippen molar-refractivity contribution in [3.8, 4) is 0 Å². The number of carbonyl (C=O) groups is 2. The minimum Gasteiger partial charge on any atom is -0.467 e. The number of benzene rings is 1. The van der Waals surface area contributed by atoms with E-state index in [0.29, 0.717) is 0 Å². The predicted molar refractivity (Wildman–Crippen MR) is 99.7 cm³/mol. The number of nitrogens with one attached hydrogen (secondary N) is 1. The fraction of sp³-hybridized carbons (Fsp3) is 0.500. The standard InChI is InChI=1S/C20H25NO8/c1-3-20(18(24)26-2)9-14-15(21-19(25)28-14)17(29-20)16(23)13(22)11-27-10-12-7-5-4-6-8-12/h3-8,13-17,22-23H,1,9-11H2,2H3,(H,21,25). The zero-order valence-electron chi connectivity index (χ0n) is 16.0. The molecule has 0 aromatic heterocycles. The molecule has 0 spiro atoms. The fourth-order valence-electron chi connectivity index (χ4n) is 3.59. The Morgan fingerprint density at radius 2 is 2.14 bits per heavy atom. The molecule has 3 N–H and O–H groups in total. The molecule has 0 radical (unpaired) electrons. The normalized spacial score (nSPS) is 30.4. The van der Waals surface area contributed by atoms with E-state index in [1.54, 1.807) is 0 Å². The number of hydrogen-bond acceptors (Lipinski definition) is 8. The zero-order valence-corrected chi connectivity index (χ0v) is 16.0. The Bertz CT molecular complexity index is 741. The lowest BCUT2D eigenvalue weighted by atomic mass is 9.84. The number of esters is 1. The van der Waals surface area contributed by atoms with E-state index in [9.17, 15) is 19.8 Å². The van der Waals surface area contributed by atoms with Crippen LogP contribution in [0.1, 0.15) is 12.0 Å². The van der Waals surface area contributed by atoms with E-state index in [4.69, 9.17) is 18.9 Å². The third kappa shape index (κ3) is 4.43. The highest BCUT2D eigenvalue weighted by molar-refractivity contribution is 5.82. The number of hydrogen-bond donors (Lipinski definition) is 3. The molecule has 2 fully saturated rings. The number of methoxy groups -OCH3 is 1. The molecule has 2 aliphatic rings. The third-order valence-electron chi connectivity index (χ3n) is 5.14. The molecule has 6 unspecified atom stereocenters. The van der Waals surface area contributed by atoms with Crippen LogP contribution >= 0.6 is 0 Å². The van der Waals surface area contributed by atoms with Crippen LogP contribution in [-0.4, -0.2) is 72.1 Å². The van der Waals surface area contributed by atoms with Crippen molar-refractivity contribution in [2.45, 2.75) is 49.1 Å². The summed E-state index contributed by atoms with van der Waals surface area (Å²) in [5, 5.41) is 23.7. The molecular formula is C20H25NO8. The van der Waals surface area contributed by atoms with Gasteiger partial charge < -0.3 is 34.5 Å². The van der Waals surface area contributed by atoms with E-state index in [0.717, 1.165) is 5.56 Å². The van der Waals surface area contributed by atoms with Gasteiger partial charge in [-0.2, -0.15) is 0 Å². The van der Waals surface area contributed by atoms with Crippen LogP contribution < -0.4 is 5.32 Å². The molecule has 1 amide bonds. The average molecular weight is 407 g/mol. The molecule has 2 saturated heterocycles. The number of carbonyl (C=O) groups excluding carboxylic acids is 2. The molecular weight excluding hydrogens is 382 g/mol. The molecule has 0 bridgehead atoms. The highest BCUT2D eigenvalue weighted by atomic mass is 16.6. The van der Waals surface area contributed by atoms with Gasteiger partial charge in [-0.25, -0.2) is 9.59 Å². The monoisotopic (exact) mass is 407 g/mol. The Labute approximate surface area is 168 Å². The maximum atomic E-state index is 12.3. The van der Waals surface area contributed by atoms with Gasteiger partial charge in [0.05, 0.1) is 26.4 Å². The van der Waals surface area contributed by atoms with Crippen LogP contribution in [0.25, 0.3) is 0 Å². The third-order valence-corrected chi connectivity index (χ3v) is 5.14. The van der Waals surface area contributed by atoms with Gasteiger partial charge in [0.1, 0.15) is 24.4 Å². The van der Waals surface area contributed by atoms with Crippen LogP contribution in [0.3, 0.4) is 0 Å². The molecule has 9 nitrogen and oxygen atoms in total. The quantitative estimate of drug-likeness (QED) is 0.415. The van der Waals surface area contributed by atoms with Gasteiger partial charge >= 0.3 is 12.1 Å². The van der Waals surface area contributed by atoms with Gasteiger partial charge in [0, 0.05) is 6.42 Å². The van der Waals surface area contributed by atoms with Crippen LogP contribution in [0.2, 0.25) is 0 Å². The van der Waals surface area contributed by atoms with Gasteiger partial charge in [0.25, 0.3) is 0 Å². The topological polar surface area (TPSA) is 124 Å². The number of aliphatic hydroxyl groups excluding tert-OH is 2. The van der Waals surface area contributed by atoms with Crippen molar-refractivity contribution in [1.82, 2.24) is 5.32 Å².